The molecule has 0 aromatic rings. The molecule has 19 heavy (non-hydrogen) atoms. The van der Waals surface area contributed by atoms with E-state index in [1.54, 1.807) is 5.57 Å². The Morgan fingerprint density at radius 1 is 1.16 bits per heavy atom. The van der Waals surface area contributed by atoms with Crippen molar-refractivity contribution < 1.29 is 4.74 Å². The first-order valence-corrected chi connectivity index (χ1v) is 8.17. The number of hydrogen-bond acceptors (Lipinski definition) is 1. The molecule has 1 nitrogen and oxygen atoms in total. The molecule has 2 saturated carbocycles. The van der Waals surface area contributed by atoms with E-state index < -0.39 is 0 Å². The van der Waals surface area contributed by atoms with Gasteiger partial charge in [0.05, 0.1) is 13.2 Å². The molecule has 4 rings (SSSR count). The number of ether oxygens (including phenoxy) is 1. The molecule has 3 atom stereocenters. The summed E-state index contributed by atoms with van der Waals surface area (Å²) in [5, 5.41) is 0. The lowest BCUT2D eigenvalue weighted by atomic mass is 9.47. The molecule has 1 unspecified atom stereocenters. The average Bonchev–Trinajstić information content (AvgIpc) is 2.85. The molecular formula is C18H28O. The van der Waals surface area contributed by atoms with Crippen LogP contribution in [0.25, 0.3) is 0 Å². The molecule has 3 aliphatic carbocycles. The third-order valence-electron chi connectivity index (χ3n) is 7.50. The van der Waals surface area contributed by atoms with E-state index >= 15 is 0 Å². The molecule has 1 heterocycles. The summed E-state index contributed by atoms with van der Waals surface area (Å²) in [6.07, 6.45) is 6.97. The predicted molar refractivity (Wildman–Crippen MR) is 77.9 cm³/mol. The van der Waals surface area contributed by atoms with Gasteiger partial charge in [0.1, 0.15) is 0 Å². The minimum atomic E-state index is 0.472. The van der Waals surface area contributed by atoms with Crippen LogP contribution >= 0.6 is 0 Å². The Hall–Kier alpha value is -0.300. The third-order valence-corrected chi connectivity index (χ3v) is 7.50. The summed E-state index contributed by atoms with van der Waals surface area (Å²) in [5.41, 5.74) is 5.11. The zero-order valence-corrected chi connectivity index (χ0v) is 13.0. The van der Waals surface area contributed by atoms with Gasteiger partial charge in [-0.25, -0.2) is 0 Å². The van der Waals surface area contributed by atoms with E-state index in [0.717, 1.165) is 25.0 Å². The number of hydrogen-bond donors (Lipinski definition) is 0. The minimum Gasteiger partial charge on any atom is -0.377 e. The predicted octanol–water partition coefficient (Wildman–Crippen LogP) is 4.58. The SMILES string of the molecule is CC1(C)C2C3=C(COCC3)CC(C)(C)[C@]23CC[C@H]1C3. The molecule has 2 bridgehead atoms. The van der Waals surface area contributed by atoms with Crippen molar-refractivity contribution in [2.45, 2.75) is 59.8 Å². The Morgan fingerprint density at radius 2 is 1.95 bits per heavy atom. The zero-order valence-electron chi connectivity index (χ0n) is 13.0. The summed E-state index contributed by atoms with van der Waals surface area (Å²) >= 11 is 0. The van der Waals surface area contributed by atoms with Crippen LogP contribution in [0.2, 0.25) is 0 Å². The molecule has 1 aliphatic heterocycles. The van der Waals surface area contributed by atoms with E-state index in [0.29, 0.717) is 16.2 Å². The molecular weight excluding hydrogens is 232 g/mol. The molecule has 0 aromatic heterocycles. The molecule has 0 radical (unpaired) electrons. The van der Waals surface area contributed by atoms with Gasteiger partial charge in [-0.1, -0.05) is 33.3 Å². The van der Waals surface area contributed by atoms with Gasteiger partial charge in [-0.15, -0.1) is 0 Å². The van der Waals surface area contributed by atoms with Crippen LogP contribution in [0.3, 0.4) is 0 Å². The smallest absolute Gasteiger partial charge is 0.0679 e. The zero-order chi connectivity index (χ0) is 13.5. The molecule has 106 valence electrons. The fourth-order valence-electron chi connectivity index (χ4n) is 6.58. The van der Waals surface area contributed by atoms with Crippen LogP contribution < -0.4 is 0 Å². The highest BCUT2D eigenvalue weighted by molar-refractivity contribution is 5.35. The van der Waals surface area contributed by atoms with E-state index in [2.05, 4.69) is 27.7 Å². The highest BCUT2D eigenvalue weighted by Gasteiger charge is 2.68. The van der Waals surface area contributed by atoms with Gasteiger partial charge >= 0.3 is 0 Å². The van der Waals surface area contributed by atoms with Gasteiger partial charge < -0.3 is 4.74 Å². The molecule has 1 heteroatoms. The molecule has 0 aromatic carbocycles. The van der Waals surface area contributed by atoms with Crippen molar-refractivity contribution in [3.8, 4) is 0 Å². The van der Waals surface area contributed by atoms with E-state index in [1.165, 1.54) is 32.1 Å². The van der Waals surface area contributed by atoms with Gasteiger partial charge in [0, 0.05) is 0 Å². The van der Waals surface area contributed by atoms with Gasteiger partial charge in [-0.05, 0) is 65.8 Å². The topological polar surface area (TPSA) is 9.23 Å². The summed E-state index contributed by atoms with van der Waals surface area (Å²) in [4.78, 5) is 0. The number of fused-ring (bicyclic) bond motifs is 2. The Bertz CT molecular complexity index is 456. The van der Waals surface area contributed by atoms with Crippen molar-refractivity contribution in [1.82, 2.24) is 0 Å². The van der Waals surface area contributed by atoms with Gasteiger partial charge in [-0.3, -0.25) is 0 Å². The maximum atomic E-state index is 5.77. The maximum Gasteiger partial charge on any atom is 0.0679 e. The maximum absolute atomic E-state index is 5.77. The third kappa shape index (κ3) is 1.31. The first-order chi connectivity index (χ1) is 8.88. The van der Waals surface area contributed by atoms with E-state index in [-0.39, 0.29) is 0 Å². The molecule has 0 amide bonds. The van der Waals surface area contributed by atoms with Crippen LogP contribution in [0.5, 0.6) is 0 Å². The lowest BCUT2D eigenvalue weighted by Gasteiger charge is -2.58. The largest absolute Gasteiger partial charge is 0.377 e. The second-order valence-electron chi connectivity index (χ2n) is 8.84. The Labute approximate surface area is 117 Å². The van der Waals surface area contributed by atoms with Gasteiger partial charge in [-0.2, -0.15) is 0 Å². The monoisotopic (exact) mass is 260 g/mol. The van der Waals surface area contributed by atoms with Crippen LogP contribution in [0.4, 0.5) is 0 Å². The molecule has 2 fully saturated rings. The van der Waals surface area contributed by atoms with E-state index in [4.69, 9.17) is 4.74 Å². The van der Waals surface area contributed by atoms with Gasteiger partial charge in [0.25, 0.3) is 0 Å². The van der Waals surface area contributed by atoms with E-state index in [1.807, 2.05) is 5.57 Å². The molecule has 0 N–H and O–H groups in total. The van der Waals surface area contributed by atoms with Gasteiger partial charge in [0.15, 0.2) is 0 Å². The van der Waals surface area contributed by atoms with Crippen molar-refractivity contribution in [2.24, 2.45) is 28.1 Å². The molecule has 4 aliphatic rings. The summed E-state index contributed by atoms with van der Waals surface area (Å²) in [5.74, 6) is 1.81. The Morgan fingerprint density at radius 3 is 2.74 bits per heavy atom. The fourth-order valence-corrected chi connectivity index (χ4v) is 6.58. The highest BCUT2D eigenvalue weighted by Crippen LogP contribution is 2.76. The standard InChI is InChI=1S/C18H28O/c1-16(2)9-12-11-19-8-6-14(12)15-17(3,4)13-5-7-18(15,16)10-13/h13,15H,5-11H2,1-4H3/t13-,15?,18-/m0/s1. The second-order valence-corrected chi connectivity index (χ2v) is 8.84. The lowest BCUT2D eigenvalue weighted by Crippen LogP contribution is -2.50. The van der Waals surface area contributed by atoms with Crippen LogP contribution in [0, 0.1) is 28.1 Å². The van der Waals surface area contributed by atoms with Crippen LogP contribution in [-0.2, 0) is 4.74 Å². The highest BCUT2D eigenvalue weighted by atomic mass is 16.5. The Balaban J connectivity index is 1.91. The summed E-state index contributed by atoms with van der Waals surface area (Å²) < 4.78 is 5.77. The minimum absolute atomic E-state index is 0.472. The van der Waals surface area contributed by atoms with Crippen LogP contribution in [0.1, 0.15) is 59.8 Å². The van der Waals surface area contributed by atoms with Crippen molar-refractivity contribution in [2.75, 3.05) is 13.2 Å². The van der Waals surface area contributed by atoms with Crippen molar-refractivity contribution in [3.05, 3.63) is 11.1 Å². The lowest BCUT2D eigenvalue weighted by molar-refractivity contribution is -0.0327. The quantitative estimate of drug-likeness (QED) is 0.579. The summed E-state index contributed by atoms with van der Waals surface area (Å²) in [6.45, 7) is 12.1. The second kappa shape index (κ2) is 3.47. The fraction of sp³-hybridized carbons (Fsp3) is 0.889. The number of rotatable bonds is 0. The first-order valence-electron chi connectivity index (χ1n) is 8.17. The van der Waals surface area contributed by atoms with Crippen molar-refractivity contribution in [3.63, 3.8) is 0 Å². The van der Waals surface area contributed by atoms with Crippen molar-refractivity contribution in [1.29, 1.82) is 0 Å². The molecule has 1 spiro atoms. The Kier molecular flexibility index (Phi) is 2.27. The summed E-state index contributed by atoms with van der Waals surface area (Å²) in [6, 6.07) is 0. The van der Waals surface area contributed by atoms with Crippen LogP contribution in [-0.4, -0.2) is 13.2 Å². The van der Waals surface area contributed by atoms with Crippen molar-refractivity contribution >= 4 is 0 Å². The molecule has 0 saturated heterocycles. The van der Waals surface area contributed by atoms with E-state index in [9.17, 15) is 0 Å². The van der Waals surface area contributed by atoms with Gasteiger partial charge in [0.2, 0.25) is 0 Å². The first kappa shape index (κ1) is 12.4. The van der Waals surface area contributed by atoms with Crippen LogP contribution in [0.15, 0.2) is 11.1 Å². The summed E-state index contributed by atoms with van der Waals surface area (Å²) in [7, 11) is 0. The normalized spacial score (nSPS) is 46.1. The average molecular weight is 260 g/mol.